The van der Waals surface area contributed by atoms with Crippen LogP contribution < -0.4 is 15.4 Å². The Labute approximate surface area is 125 Å². The summed E-state index contributed by atoms with van der Waals surface area (Å²) in [5.74, 6) is -0.00157. The molecule has 0 aromatic heterocycles. The van der Waals surface area contributed by atoms with Crippen LogP contribution in [0.25, 0.3) is 0 Å². The standard InChI is InChI=1S/C14H21N3O3S/c1-10-8-12(5-6-13(10)17-21(2,19)20)16-14(18)11-4-3-7-15-9-11/h5-6,8,11,15,17H,3-4,7,9H2,1-2H3,(H,16,18). The van der Waals surface area contributed by atoms with E-state index >= 15 is 0 Å². The van der Waals surface area contributed by atoms with E-state index < -0.39 is 10.0 Å². The molecule has 3 N–H and O–H groups in total. The van der Waals surface area contributed by atoms with Crippen LogP contribution in [0.4, 0.5) is 11.4 Å². The first-order valence-electron chi connectivity index (χ1n) is 6.95. The predicted octanol–water partition coefficient (Wildman–Crippen LogP) is 1.30. The summed E-state index contributed by atoms with van der Waals surface area (Å²) in [6.45, 7) is 3.47. The topological polar surface area (TPSA) is 87.3 Å². The molecule has 1 amide bonds. The molecule has 1 aromatic carbocycles. The van der Waals surface area contributed by atoms with Gasteiger partial charge in [0.25, 0.3) is 0 Å². The molecule has 1 atom stereocenters. The Bertz CT molecular complexity index is 622. The van der Waals surface area contributed by atoms with Crippen LogP contribution in [-0.2, 0) is 14.8 Å². The third kappa shape index (κ3) is 4.71. The zero-order chi connectivity index (χ0) is 15.5. The quantitative estimate of drug-likeness (QED) is 0.782. The van der Waals surface area contributed by atoms with Crippen LogP contribution in [-0.4, -0.2) is 33.7 Å². The maximum atomic E-state index is 12.1. The molecular formula is C14H21N3O3S. The van der Waals surface area contributed by atoms with E-state index in [0.29, 0.717) is 17.9 Å². The van der Waals surface area contributed by atoms with E-state index in [1.54, 1.807) is 25.1 Å². The Balaban J connectivity index is 2.04. The van der Waals surface area contributed by atoms with E-state index in [4.69, 9.17) is 0 Å². The Morgan fingerprint density at radius 3 is 2.71 bits per heavy atom. The number of nitrogens with one attached hydrogen (secondary N) is 3. The van der Waals surface area contributed by atoms with Gasteiger partial charge < -0.3 is 10.6 Å². The zero-order valence-electron chi connectivity index (χ0n) is 12.3. The van der Waals surface area contributed by atoms with Crippen molar-refractivity contribution >= 4 is 27.3 Å². The molecule has 2 rings (SSSR count). The molecule has 1 saturated heterocycles. The number of anilines is 2. The summed E-state index contributed by atoms with van der Waals surface area (Å²) < 4.78 is 24.9. The number of hydrogen-bond acceptors (Lipinski definition) is 4. The van der Waals surface area contributed by atoms with Crippen molar-refractivity contribution in [1.29, 1.82) is 0 Å². The minimum atomic E-state index is -3.30. The predicted molar refractivity (Wildman–Crippen MR) is 83.9 cm³/mol. The van der Waals surface area contributed by atoms with Gasteiger partial charge in [0.05, 0.1) is 17.9 Å². The van der Waals surface area contributed by atoms with Gasteiger partial charge in [0.2, 0.25) is 15.9 Å². The van der Waals surface area contributed by atoms with E-state index in [1.807, 2.05) is 0 Å². The number of hydrogen-bond donors (Lipinski definition) is 3. The Morgan fingerprint density at radius 1 is 1.38 bits per heavy atom. The molecule has 21 heavy (non-hydrogen) atoms. The number of amides is 1. The highest BCUT2D eigenvalue weighted by molar-refractivity contribution is 7.92. The molecule has 1 fully saturated rings. The van der Waals surface area contributed by atoms with E-state index in [0.717, 1.165) is 31.2 Å². The van der Waals surface area contributed by atoms with Crippen LogP contribution in [0.5, 0.6) is 0 Å². The van der Waals surface area contributed by atoms with Gasteiger partial charge in [-0.3, -0.25) is 9.52 Å². The third-order valence-electron chi connectivity index (χ3n) is 3.46. The number of piperidine rings is 1. The van der Waals surface area contributed by atoms with Crippen LogP contribution >= 0.6 is 0 Å². The number of sulfonamides is 1. The molecule has 0 aliphatic carbocycles. The molecule has 116 valence electrons. The molecule has 1 heterocycles. The average Bonchev–Trinajstić information content (AvgIpc) is 2.41. The summed E-state index contributed by atoms with van der Waals surface area (Å²) in [6.07, 6.45) is 3.01. The molecule has 1 aromatic rings. The van der Waals surface area contributed by atoms with Crippen molar-refractivity contribution in [1.82, 2.24) is 5.32 Å². The van der Waals surface area contributed by atoms with Gasteiger partial charge >= 0.3 is 0 Å². The van der Waals surface area contributed by atoms with E-state index in [2.05, 4.69) is 15.4 Å². The summed E-state index contributed by atoms with van der Waals surface area (Å²) in [7, 11) is -3.30. The van der Waals surface area contributed by atoms with Gasteiger partial charge in [-0.1, -0.05) is 0 Å². The smallest absolute Gasteiger partial charge is 0.229 e. The van der Waals surface area contributed by atoms with Crippen molar-refractivity contribution in [2.24, 2.45) is 5.92 Å². The fourth-order valence-corrected chi connectivity index (χ4v) is 3.00. The van der Waals surface area contributed by atoms with E-state index in [-0.39, 0.29) is 11.8 Å². The summed E-state index contributed by atoms with van der Waals surface area (Å²) >= 11 is 0. The van der Waals surface area contributed by atoms with Crippen molar-refractivity contribution in [3.8, 4) is 0 Å². The molecule has 0 bridgehead atoms. The molecule has 7 heteroatoms. The number of rotatable bonds is 4. The zero-order valence-corrected chi connectivity index (χ0v) is 13.1. The minimum Gasteiger partial charge on any atom is -0.326 e. The van der Waals surface area contributed by atoms with Crippen molar-refractivity contribution in [2.45, 2.75) is 19.8 Å². The number of carbonyl (C=O) groups is 1. The lowest BCUT2D eigenvalue weighted by Crippen LogP contribution is -2.37. The van der Waals surface area contributed by atoms with Gasteiger partial charge in [-0.25, -0.2) is 8.42 Å². The van der Waals surface area contributed by atoms with Crippen LogP contribution in [0.2, 0.25) is 0 Å². The summed E-state index contributed by atoms with van der Waals surface area (Å²) in [5, 5.41) is 6.10. The monoisotopic (exact) mass is 311 g/mol. The highest BCUT2D eigenvalue weighted by Gasteiger charge is 2.20. The van der Waals surface area contributed by atoms with Crippen LogP contribution in [0.15, 0.2) is 18.2 Å². The molecule has 6 nitrogen and oxygen atoms in total. The summed E-state index contributed by atoms with van der Waals surface area (Å²) in [4.78, 5) is 12.1. The van der Waals surface area contributed by atoms with Gasteiger partial charge in [0.1, 0.15) is 0 Å². The molecule has 0 spiro atoms. The molecule has 0 saturated carbocycles. The lowest BCUT2D eigenvalue weighted by Gasteiger charge is -2.22. The van der Waals surface area contributed by atoms with Gasteiger partial charge in [0.15, 0.2) is 0 Å². The Hall–Kier alpha value is -1.60. The maximum Gasteiger partial charge on any atom is 0.229 e. The Morgan fingerprint density at radius 2 is 2.14 bits per heavy atom. The van der Waals surface area contributed by atoms with Crippen LogP contribution in [0.1, 0.15) is 18.4 Å². The molecular weight excluding hydrogens is 290 g/mol. The van der Waals surface area contributed by atoms with Gasteiger partial charge in [-0.15, -0.1) is 0 Å². The molecule has 0 radical (unpaired) electrons. The lowest BCUT2D eigenvalue weighted by molar-refractivity contribution is -0.120. The number of aryl methyl sites for hydroxylation is 1. The number of carbonyl (C=O) groups excluding carboxylic acids is 1. The van der Waals surface area contributed by atoms with Gasteiger partial charge in [-0.05, 0) is 50.1 Å². The van der Waals surface area contributed by atoms with Gasteiger partial charge in [-0.2, -0.15) is 0 Å². The minimum absolute atomic E-state index is 0.00502. The molecule has 1 aliphatic heterocycles. The first kappa shape index (κ1) is 15.8. The highest BCUT2D eigenvalue weighted by atomic mass is 32.2. The lowest BCUT2D eigenvalue weighted by atomic mass is 9.98. The van der Waals surface area contributed by atoms with Crippen LogP contribution in [0.3, 0.4) is 0 Å². The SMILES string of the molecule is Cc1cc(NC(=O)C2CCCNC2)ccc1NS(C)(=O)=O. The summed E-state index contributed by atoms with van der Waals surface area (Å²) in [6, 6.07) is 5.13. The van der Waals surface area contributed by atoms with Crippen molar-refractivity contribution < 1.29 is 13.2 Å². The van der Waals surface area contributed by atoms with E-state index in [9.17, 15) is 13.2 Å². The third-order valence-corrected chi connectivity index (χ3v) is 4.05. The fraction of sp³-hybridized carbons (Fsp3) is 0.500. The van der Waals surface area contributed by atoms with Crippen molar-refractivity contribution in [3.63, 3.8) is 0 Å². The highest BCUT2D eigenvalue weighted by Crippen LogP contribution is 2.21. The molecule has 1 unspecified atom stereocenters. The normalized spacial score (nSPS) is 19.0. The van der Waals surface area contributed by atoms with Crippen molar-refractivity contribution in [3.05, 3.63) is 23.8 Å². The second-order valence-electron chi connectivity index (χ2n) is 5.44. The summed E-state index contributed by atoms with van der Waals surface area (Å²) in [5.41, 5.74) is 1.97. The van der Waals surface area contributed by atoms with Crippen LogP contribution in [0, 0.1) is 12.8 Å². The second-order valence-corrected chi connectivity index (χ2v) is 7.18. The second kappa shape index (κ2) is 6.44. The first-order chi connectivity index (χ1) is 9.85. The largest absolute Gasteiger partial charge is 0.326 e. The first-order valence-corrected chi connectivity index (χ1v) is 8.84. The van der Waals surface area contributed by atoms with Gasteiger partial charge in [0, 0.05) is 12.2 Å². The average molecular weight is 311 g/mol. The molecule has 1 aliphatic rings. The maximum absolute atomic E-state index is 12.1. The Kier molecular flexibility index (Phi) is 4.84. The van der Waals surface area contributed by atoms with E-state index in [1.165, 1.54) is 0 Å². The fourth-order valence-electron chi connectivity index (χ4n) is 2.38. The van der Waals surface area contributed by atoms with Crippen molar-refractivity contribution in [2.75, 3.05) is 29.4 Å². The number of benzene rings is 1.